The second-order valence-corrected chi connectivity index (χ2v) is 14.3. The third-order valence-corrected chi connectivity index (χ3v) is 11.0. The van der Waals surface area contributed by atoms with Crippen molar-refractivity contribution < 1.29 is 19.3 Å². The molecule has 0 saturated heterocycles. The highest BCUT2D eigenvalue weighted by atomic mass is 19.1. The second-order valence-electron chi connectivity index (χ2n) is 14.3. The quantitative estimate of drug-likeness (QED) is 0.0535. The van der Waals surface area contributed by atoms with Gasteiger partial charge in [0, 0.05) is 40.7 Å². The first kappa shape index (κ1) is 39.4. The van der Waals surface area contributed by atoms with E-state index >= 15 is 0 Å². The molecule has 6 heteroatoms. The third kappa shape index (κ3) is 8.94. The van der Waals surface area contributed by atoms with E-state index in [1.165, 1.54) is 22.9 Å². The molecule has 0 radical (unpaired) electrons. The highest BCUT2D eigenvalue weighted by molar-refractivity contribution is 5.73. The number of nitrogens with two attached hydrogens (primary N) is 1. The van der Waals surface area contributed by atoms with Gasteiger partial charge in [0.25, 0.3) is 0 Å². The van der Waals surface area contributed by atoms with Gasteiger partial charge in [-0.05, 0) is 125 Å². The minimum atomic E-state index is -0.508. The molecule has 0 aromatic heterocycles. The summed E-state index contributed by atoms with van der Waals surface area (Å²) in [5.74, 6) is 0.238. The van der Waals surface area contributed by atoms with Crippen molar-refractivity contribution in [3.05, 3.63) is 119 Å². The number of halogens is 1. The minimum absolute atomic E-state index is 0.167. The first-order valence-corrected chi connectivity index (χ1v) is 19.0. The molecule has 51 heavy (non-hydrogen) atoms. The summed E-state index contributed by atoms with van der Waals surface area (Å²) in [6, 6.07) is 14.0. The fourth-order valence-electron chi connectivity index (χ4n) is 8.26. The molecule has 3 aliphatic rings. The Morgan fingerprint density at radius 1 is 1.06 bits per heavy atom. The van der Waals surface area contributed by atoms with E-state index in [2.05, 4.69) is 85.6 Å². The molecule has 2 N–H and O–H groups in total. The Morgan fingerprint density at radius 2 is 1.80 bits per heavy atom. The molecule has 0 bridgehead atoms. The molecule has 4 atom stereocenters. The van der Waals surface area contributed by atoms with Gasteiger partial charge in [0.2, 0.25) is 0 Å². The van der Waals surface area contributed by atoms with Gasteiger partial charge < -0.3 is 19.8 Å². The zero-order valence-corrected chi connectivity index (χ0v) is 31.3. The summed E-state index contributed by atoms with van der Waals surface area (Å²) in [5.41, 5.74) is 6.32. The summed E-state index contributed by atoms with van der Waals surface area (Å²) in [5, 5.41) is 12.5. The van der Waals surface area contributed by atoms with Crippen molar-refractivity contribution in [3.63, 3.8) is 0 Å². The van der Waals surface area contributed by atoms with Gasteiger partial charge in [-0.25, -0.2) is 4.39 Å². The van der Waals surface area contributed by atoms with Crippen LogP contribution in [0, 0.1) is 35.9 Å². The molecule has 1 heterocycles. The number of anilines is 1. The van der Waals surface area contributed by atoms with Crippen LogP contribution in [0.25, 0.3) is 0 Å². The molecule has 270 valence electrons. The number of allylic oxidation sites excluding steroid dienone is 10. The Morgan fingerprint density at radius 3 is 2.47 bits per heavy atom. The van der Waals surface area contributed by atoms with Crippen LogP contribution in [0.5, 0.6) is 0 Å². The summed E-state index contributed by atoms with van der Waals surface area (Å²) in [6.45, 7) is 11.8. The lowest BCUT2D eigenvalue weighted by molar-refractivity contribution is -0.570. The number of fused-ring (bicyclic) bond motifs is 1. The van der Waals surface area contributed by atoms with Crippen molar-refractivity contribution in [2.75, 3.05) is 18.0 Å². The van der Waals surface area contributed by atoms with Crippen molar-refractivity contribution in [1.29, 1.82) is 5.26 Å². The molecule has 2 aliphatic carbocycles. The first-order chi connectivity index (χ1) is 24.8. The molecule has 2 aromatic rings. The van der Waals surface area contributed by atoms with Crippen LogP contribution in [0.2, 0.25) is 0 Å². The van der Waals surface area contributed by atoms with Gasteiger partial charge in [-0.1, -0.05) is 62.8 Å². The van der Waals surface area contributed by atoms with E-state index < -0.39 is 5.41 Å². The lowest BCUT2D eigenvalue weighted by Gasteiger charge is -2.38. The summed E-state index contributed by atoms with van der Waals surface area (Å²) in [6.07, 6.45) is 27.1. The molecule has 5 nitrogen and oxygen atoms in total. The number of aryl methyl sites for hydroxylation is 1. The number of hydrogen-bond acceptors (Lipinski definition) is 4. The summed E-state index contributed by atoms with van der Waals surface area (Å²) >= 11 is 0. The topological polar surface area (TPSA) is 77.8 Å². The van der Waals surface area contributed by atoms with Crippen LogP contribution in [0.3, 0.4) is 0 Å². The van der Waals surface area contributed by atoms with Gasteiger partial charge in [0.05, 0.1) is 24.6 Å². The van der Waals surface area contributed by atoms with Crippen LogP contribution in [0.1, 0.15) is 102 Å². The lowest BCUT2D eigenvalue weighted by atomic mass is 9.65. The van der Waals surface area contributed by atoms with Gasteiger partial charge in [-0.2, -0.15) is 5.26 Å². The van der Waals surface area contributed by atoms with Gasteiger partial charge >= 0.3 is 0 Å². The van der Waals surface area contributed by atoms with Crippen LogP contribution >= 0.6 is 0 Å². The molecule has 0 spiro atoms. The van der Waals surface area contributed by atoms with E-state index in [1.807, 2.05) is 38.1 Å². The van der Waals surface area contributed by atoms with E-state index in [0.717, 1.165) is 74.5 Å². The monoisotopic (exact) mass is 690 g/mol. The highest BCUT2D eigenvalue weighted by Gasteiger charge is 2.48. The van der Waals surface area contributed by atoms with Crippen molar-refractivity contribution in [2.45, 2.75) is 103 Å². The molecule has 0 saturated carbocycles. The summed E-state index contributed by atoms with van der Waals surface area (Å²) < 4.78 is 14.8. The van der Waals surface area contributed by atoms with Crippen molar-refractivity contribution in [3.8, 4) is 6.07 Å². The number of carbonyl (C=O) groups excluding carboxylic acids is 2. The molecular formula is C45H57FN3O2+. The maximum Gasteiger partial charge on any atom is 0.133 e. The fourth-order valence-corrected chi connectivity index (χ4v) is 8.26. The number of quaternary nitrogens is 1. The molecule has 0 fully saturated rings. The SMILES string of the molecule is CC.Cc1ccc([NH2+]CCC=O)c(C(C)(C/C=C/C(C#N)=C/C=C2/N(CCC=O)c3ccc(F)cc3C2(C)C2C=CCCC2)C2C=CCCC2)c1. The Hall–Kier alpha value is -4.34. The summed E-state index contributed by atoms with van der Waals surface area (Å²) in [7, 11) is 0. The van der Waals surface area contributed by atoms with E-state index in [-0.39, 0.29) is 17.2 Å². The minimum Gasteiger partial charge on any atom is -0.343 e. The van der Waals surface area contributed by atoms with Gasteiger partial charge in [-0.15, -0.1) is 0 Å². The second kappa shape index (κ2) is 18.8. The Kier molecular flexibility index (Phi) is 14.5. The molecule has 0 amide bonds. The number of rotatable bonds is 14. The smallest absolute Gasteiger partial charge is 0.133 e. The molecule has 1 aliphatic heterocycles. The predicted molar refractivity (Wildman–Crippen MR) is 207 cm³/mol. The predicted octanol–water partition coefficient (Wildman–Crippen LogP) is 9.56. The van der Waals surface area contributed by atoms with Crippen molar-refractivity contribution in [1.82, 2.24) is 0 Å². The van der Waals surface area contributed by atoms with Gasteiger partial charge in [-0.3, -0.25) is 0 Å². The number of benzene rings is 2. The van der Waals surface area contributed by atoms with Crippen LogP contribution in [0.4, 0.5) is 15.8 Å². The average Bonchev–Trinajstić information content (AvgIpc) is 3.40. The zero-order valence-electron chi connectivity index (χ0n) is 31.3. The van der Waals surface area contributed by atoms with Crippen LogP contribution < -0.4 is 10.2 Å². The number of nitrogens with zero attached hydrogens (tertiary/aromatic N) is 2. The van der Waals surface area contributed by atoms with Crippen molar-refractivity contribution >= 4 is 23.9 Å². The van der Waals surface area contributed by atoms with E-state index in [1.54, 1.807) is 6.07 Å². The van der Waals surface area contributed by atoms with Crippen LogP contribution in [-0.2, 0) is 20.4 Å². The third-order valence-electron chi connectivity index (χ3n) is 11.0. The van der Waals surface area contributed by atoms with E-state index in [0.29, 0.717) is 37.4 Å². The van der Waals surface area contributed by atoms with Gasteiger partial charge in [0.15, 0.2) is 0 Å². The fraction of sp³-hybridized carbons (Fsp3) is 0.444. The Labute approximate surface area is 305 Å². The van der Waals surface area contributed by atoms with Crippen LogP contribution in [-0.4, -0.2) is 25.7 Å². The normalized spacial score (nSPS) is 23.4. The molecular weight excluding hydrogens is 634 g/mol. The van der Waals surface area contributed by atoms with Gasteiger partial charge in [0.1, 0.15) is 24.1 Å². The lowest BCUT2D eigenvalue weighted by Crippen LogP contribution is -2.78. The van der Waals surface area contributed by atoms with E-state index in [9.17, 15) is 19.2 Å². The first-order valence-electron chi connectivity index (χ1n) is 19.0. The maximum atomic E-state index is 14.8. The number of nitriles is 1. The summed E-state index contributed by atoms with van der Waals surface area (Å²) in [4.78, 5) is 24.8. The van der Waals surface area contributed by atoms with Crippen molar-refractivity contribution in [2.24, 2.45) is 11.8 Å². The van der Waals surface area contributed by atoms with E-state index in [4.69, 9.17) is 0 Å². The maximum absolute atomic E-state index is 14.8. The zero-order chi connectivity index (χ0) is 36.9. The standard InChI is InChI=1S/C43H50FN3O2.C2H6/c1-32-18-21-39(46-25-11-27-48)37(29-32)42(2,34-14-6-4-7-15-34)24-10-13-33(31-45)19-23-41-43(3,35-16-8-5-9-17-35)38-30-36(44)20-22-40(38)47(41)26-12-28-49;1-2/h6,8,10,13-14,16,18-23,27-30,34-35,46H,4-5,7,9,11-12,15,17,24-26H2,1-3H3;1-2H3/p+1/b13-10+,33-19-,41-23+;. The number of carbonyl (C=O) groups is 2. The average molecular weight is 691 g/mol. The highest BCUT2D eigenvalue weighted by Crippen LogP contribution is 2.54. The van der Waals surface area contributed by atoms with Crippen LogP contribution in [0.15, 0.2) is 96.3 Å². The Bertz CT molecular complexity index is 1710. The Balaban J connectivity index is 0.00000286. The number of hydrogen-bond donors (Lipinski definition) is 1. The molecule has 4 unspecified atom stereocenters. The number of aldehydes is 2. The molecule has 5 rings (SSSR count). The largest absolute Gasteiger partial charge is 0.343 e. The molecule has 2 aromatic carbocycles.